The van der Waals surface area contributed by atoms with Gasteiger partial charge in [-0.25, -0.2) is 14.8 Å². The van der Waals surface area contributed by atoms with Crippen molar-refractivity contribution in [2.45, 2.75) is 59.2 Å². The van der Waals surface area contributed by atoms with E-state index in [2.05, 4.69) is 15.0 Å². The summed E-state index contributed by atoms with van der Waals surface area (Å²) < 4.78 is 11.8. The van der Waals surface area contributed by atoms with E-state index in [1.165, 1.54) is 6.33 Å². The average molecular weight is 394 g/mol. The van der Waals surface area contributed by atoms with Crippen molar-refractivity contribution in [2.24, 2.45) is 0 Å². The second-order valence-corrected chi connectivity index (χ2v) is 8.50. The zero-order chi connectivity index (χ0) is 20.8. The van der Waals surface area contributed by atoms with Crippen molar-refractivity contribution < 1.29 is 14.3 Å². The van der Waals surface area contributed by atoms with Gasteiger partial charge in [0.1, 0.15) is 17.7 Å². The maximum absolute atomic E-state index is 12.6. The fourth-order valence-electron chi connectivity index (χ4n) is 3.63. The molecular weight excluding hydrogens is 368 g/mol. The first kappa shape index (κ1) is 19.2. The molecule has 7 heteroatoms. The molecule has 7 nitrogen and oxygen atoms in total. The van der Waals surface area contributed by atoms with Gasteiger partial charge in [-0.3, -0.25) is 4.90 Å². The molecule has 1 N–H and O–H groups in total. The lowest BCUT2D eigenvalue weighted by molar-refractivity contribution is 0.0133. The van der Waals surface area contributed by atoms with Gasteiger partial charge in [-0.15, -0.1) is 0 Å². The highest BCUT2D eigenvalue weighted by atomic mass is 16.6. The second-order valence-electron chi connectivity index (χ2n) is 8.50. The Labute approximate surface area is 170 Å². The number of nitrogens with one attached hydrogen (secondary N) is 1. The van der Waals surface area contributed by atoms with Gasteiger partial charge in [0, 0.05) is 34.3 Å². The number of aryl methyl sites for hydroxylation is 1. The molecule has 2 aromatic heterocycles. The molecule has 29 heavy (non-hydrogen) atoms. The molecule has 4 rings (SSSR count). The molecule has 1 aliphatic heterocycles. The van der Waals surface area contributed by atoms with Crippen LogP contribution >= 0.6 is 0 Å². The summed E-state index contributed by atoms with van der Waals surface area (Å²) in [4.78, 5) is 26.3. The third-order valence-corrected chi connectivity index (χ3v) is 5.14. The van der Waals surface area contributed by atoms with Crippen LogP contribution in [0.15, 0.2) is 30.7 Å². The summed E-state index contributed by atoms with van der Waals surface area (Å²) in [6, 6.07) is 5.94. The van der Waals surface area contributed by atoms with Crippen molar-refractivity contribution in [3.05, 3.63) is 47.5 Å². The summed E-state index contributed by atoms with van der Waals surface area (Å²) in [6.07, 6.45) is 3.68. The third-order valence-electron chi connectivity index (χ3n) is 5.14. The summed E-state index contributed by atoms with van der Waals surface area (Å²) in [5, 5.41) is 1.12. The monoisotopic (exact) mass is 394 g/mol. The number of H-pyrrole nitrogens is 1. The summed E-state index contributed by atoms with van der Waals surface area (Å²) in [5.74, 6) is 1.31. The minimum atomic E-state index is -0.536. The fourth-order valence-corrected chi connectivity index (χ4v) is 3.63. The lowest BCUT2D eigenvalue weighted by Crippen LogP contribution is -2.45. The highest BCUT2D eigenvalue weighted by molar-refractivity contribution is 5.85. The quantitative estimate of drug-likeness (QED) is 0.679. The van der Waals surface area contributed by atoms with Crippen molar-refractivity contribution in [3.8, 4) is 11.6 Å². The van der Waals surface area contributed by atoms with Gasteiger partial charge >= 0.3 is 6.09 Å². The molecule has 0 aliphatic carbocycles. The summed E-state index contributed by atoms with van der Waals surface area (Å²) in [6.45, 7) is 10.0. The van der Waals surface area contributed by atoms with Crippen molar-refractivity contribution in [2.75, 3.05) is 0 Å². The summed E-state index contributed by atoms with van der Waals surface area (Å²) in [5.41, 5.74) is 3.31. The zero-order valence-electron chi connectivity index (χ0n) is 17.4. The second kappa shape index (κ2) is 7.06. The maximum Gasteiger partial charge on any atom is 0.410 e. The van der Waals surface area contributed by atoms with Gasteiger partial charge in [0.05, 0.1) is 12.2 Å². The normalized spacial score (nSPS) is 16.6. The Bertz CT molecular complexity index is 1070. The SMILES string of the molecule is Cc1c(Oc2ncnc3c2C[C@H](C)N(C(=O)OC(C)(C)C)C3)ccc2[nH]ccc12. The number of fused-ring (bicyclic) bond motifs is 2. The molecule has 0 bridgehead atoms. The van der Waals surface area contributed by atoms with E-state index in [9.17, 15) is 4.79 Å². The Morgan fingerprint density at radius 3 is 2.79 bits per heavy atom. The molecule has 152 valence electrons. The molecule has 1 amide bonds. The predicted octanol–water partition coefficient (Wildman–Crippen LogP) is 4.74. The molecule has 1 aromatic carbocycles. The minimum absolute atomic E-state index is 0.0426. The number of amides is 1. The van der Waals surface area contributed by atoms with Crippen LogP contribution in [0.25, 0.3) is 10.9 Å². The Morgan fingerprint density at radius 1 is 1.24 bits per heavy atom. The van der Waals surface area contributed by atoms with Crippen LogP contribution in [0.4, 0.5) is 4.79 Å². The van der Waals surface area contributed by atoms with E-state index in [1.807, 2.05) is 59.0 Å². The number of aromatic nitrogens is 3. The van der Waals surface area contributed by atoms with E-state index < -0.39 is 5.60 Å². The molecule has 0 saturated heterocycles. The summed E-state index contributed by atoms with van der Waals surface area (Å²) >= 11 is 0. The van der Waals surface area contributed by atoms with Crippen molar-refractivity contribution in [1.82, 2.24) is 19.9 Å². The van der Waals surface area contributed by atoms with Crippen LogP contribution in [-0.2, 0) is 17.7 Å². The molecule has 3 aromatic rings. The number of aromatic amines is 1. The highest BCUT2D eigenvalue weighted by Gasteiger charge is 2.33. The molecule has 1 atom stereocenters. The first-order chi connectivity index (χ1) is 13.7. The minimum Gasteiger partial charge on any atom is -0.444 e. The van der Waals surface area contributed by atoms with Crippen molar-refractivity contribution >= 4 is 17.0 Å². The van der Waals surface area contributed by atoms with Crippen LogP contribution in [0.1, 0.15) is 44.5 Å². The van der Waals surface area contributed by atoms with Crippen molar-refractivity contribution in [1.29, 1.82) is 0 Å². The standard InChI is InChI=1S/C22H26N4O3/c1-13-10-16-18(11-26(13)21(27)29-22(3,4)5)24-12-25-20(16)28-19-7-6-17-15(14(19)2)8-9-23-17/h6-9,12-13,23H,10-11H2,1-5H3/t13-/m0/s1. The van der Waals surface area contributed by atoms with Crippen LogP contribution in [0, 0.1) is 6.92 Å². The van der Waals surface area contributed by atoms with Gasteiger partial charge in [-0.1, -0.05) is 0 Å². The number of rotatable bonds is 2. The van der Waals surface area contributed by atoms with E-state index in [1.54, 1.807) is 4.90 Å². The van der Waals surface area contributed by atoms with Gasteiger partial charge in [-0.05, 0) is 59.2 Å². The number of hydrogen-bond acceptors (Lipinski definition) is 5. The Balaban J connectivity index is 1.62. The maximum atomic E-state index is 12.6. The Hall–Kier alpha value is -3.09. The van der Waals surface area contributed by atoms with E-state index >= 15 is 0 Å². The highest BCUT2D eigenvalue weighted by Crippen LogP contribution is 2.34. The number of carbonyl (C=O) groups is 1. The molecule has 0 fully saturated rings. The third kappa shape index (κ3) is 3.77. The lowest BCUT2D eigenvalue weighted by atomic mass is 10.00. The molecule has 0 radical (unpaired) electrons. The van der Waals surface area contributed by atoms with E-state index in [-0.39, 0.29) is 12.1 Å². The molecule has 1 aliphatic rings. The lowest BCUT2D eigenvalue weighted by Gasteiger charge is -2.35. The van der Waals surface area contributed by atoms with E-state index in [0.29, 0.717) is 18.8 Å². The van der Waals surface area contributed by atoms with Crippen LogP contribution in [0.2, 0.25) is 0 Å². The number of benzene rings is 1. The zero-order valence-corrected chi connectivity index (χ0v) is 17.4. The Kier molecular flexibility index (Phi) is 4.68. The predicted molar refractivity (Wildman–Crippen MR) is 110 cm³/mol. The van der Waals surface area contributed by atoms with Crippen LogP contribution in [-0.4, -0.2) is 37.6 Å². The average Bonchev–Trinajstić information content (AvgIpc) is 3.12. The van der Waals surface area contributed by atoms with Gasteiger partial charge in [0.2, 0.25) is 5.88 Å². The topological polar surface area (TPSA) is 80.3 Å². The molecule has 3 heterocycles. The van der Waals surface area contributed by atoms with Crippen LogP contribution in [0.5, 0.6) is 11.6 Å². The molecule has 0 saturated carbocycles. The van der Waals surface area contributed by atoms with Gasteiger partial charge in [-0.2, -0.15) is 0 Å². The van der Waals surface area contributed by atoms with Crippen LogP contribution < -0.4 is 4.74 Å². The molecule has 0 unspecified atom stereocenters. The number of carbonyl (C=O) groups excluding carboxylic acids is 1. The molecule has 0 spiro atoms. The van der Waals surface area contributed by atoms with E-state index in [4.69, 9.17) is 9.47 Å². The smallest absolute Gasteiger partial charge is 0.410 e. The first-order valence-corrected chi connectivity index (χ1v) is 9.80. The molecular formula is C22H26N4O3. The number of ether oxygens (including phenoxy) is 2. The number of nitrogens with zero attached hydrogens (tertiary/aromatic N) is 3. The number of hydrogen-bond donors (Lipinski definition) is 1. The van der Waals surface area contributed by atoms with Crippen molar-refractivity contribution in [3.63, 3.8) is 0 Å². The van der Waals surface area contributed by atoms with Crippen LogP contribution in [0.3, 0.4) is 0 Å². The summed E-state index contributed by atoms with van der Waals surface area (Å²) in [7, 11) is 0. The first-order valence-electron chi connectivity index (χ1n) is 9.80. The van der Waals surface area contributed by atoms with Gasteiger partial charge in [0.15, 0.2) is 0 Å². The Morgan fingerprint density at radius 2 is 2.03 bits per heavy atom. The van der Waals surface area contributed by atoms with E-state index in [0.717, 1.165) is 33.5 Å². The van der Waals surface area contributed by atoms with Gasteiger partial charge < -0.3 is 14.5 Å². The largest absolute Gasteiger partial charge is 0.444 e. The van der Waals surface area contributed by atoms with Gasteiger partial charge in [0.25, 0.3) is 0 Å². The fraction of sp³-hybridized carbons (Fsp3) is 0.409.